The lowest BCUT2D eigenvalue weighted by molar-refractivity contribution is -0.122. The molecule has 0 spiro atoms. The largest absolute Gasteiger partial charge is 0.493 e. The SMILES string of the molecule is COc1cc(/C=C2\C(=O)NC(=O)N(c3ccc(C)cc3C)C2=O)cc(Br)c1OCc1ccccc1Br. The van der Waals surface area contributed by atoms with Gasteiger partial charge in [0.05, 0.1) is 17.3 Å². The Labute approximate surface area is 225 Å². The van der Waals surface area contributed by atoms with E-state index < -0.39 is 17.8 Å². The van der Waals surface area contributed by atoms with Crippen LogP contribution in [0.25, 0.3) is 6.08 Å². The van der Waals surface area contributed by atoms with Gasteiger partial charge < -0.3 is 9.47 Å². The minimum atomic E-state index is -0.788. The summed E-state index contributed by atoms with van der Waals surface area (Å²) in [4.78, 5) is 39.4. The quantitative estimate of drug-likeness (QED) is 0.269. The standard InChI is InChI=1S/C27H22Br2N2O5/c1-15-8-9-22(16(2)10-15)31-26(33)19(25(32)30-27(31)34)11-17-12-21(29)24(23(13-17)35-3)36-14-18-6-4-5-7-20(18)28/h4-13H,14H2,1-3H3,(H,30,32,34)/b19-11+. The number of hydrogen-bond acceptors (Lipinski definition) is 5. The molecule has 3 aromatic rings. The lowest BCUT2D eigenvalue weighted by Gasteiger charge is -2.27. The maximum absolute atomic E-state index is 13.3. The fraction of sp³-hybridized carbons (Fsp3) is 0.148. The number of rotatable bonds is 6. The Hall–Kier alpha value is -3.43. The highest BCUT2D eigenvalue weighted by molar-refractivity contribution is 9.10. The van der Waals surface area contributed by atoms with E-state index in [0.717, 1.165) is 26.1 Å². The predicted molar refractivity (Wildman–Crippen MR) is 144 cm³/mol. The third-order valence-corrected chi connectivity index (χ3v) is 6.95. The zero-order valence-corrected chi connectivity index (χ0v) is 22.9. The Morgan fingerprint density at radius 3 is 2.42 bits per heavy atom. The van der Waals surface area contributed by atoms with Crippen LogP contribution < -0.4 is 19.7 Å². The van der Waals surface area contributed by atoms with Gasteiger partial charge in [-0.25, -0.2) is 9.69 Å². The summed E-state index contributed by atoms with van der Waals surface area (Å²) >= 11 is 7.01. The van der Waals surface area contributed by atoms with Crippen LogP contribution >= 0.6 is 31.9 Å². The van der Waals surface area contributed by atoms with Crippen LogP contribution in [0.5, 0.6) is 11.5 Å². The highest BCUT2D eigenvalue weighted by Gasteiger charge is 2.37. The lowest BCUT2D eigenvalue weighted by atomic mass is 10.0. The Kier molecular flexibility index (Phi) is 7.61. The molecule has 1 aliphatic heterocycles. The van der Waals surface area contributed by atoms with E-state index in [2.05, 4.69) is 37.2 Å². The molecule has 184 valence electrons. The van der Waals surface area contributed by atoms with E-state index in [1.807, 2.05) is 37.3 Å². The van der Waals surface area contributed by atoms with Gasteiger partial charge in [0.15, 0.2) is 11.5 Å². The number of aryl methyl sites for hydroxylation is 2. The van der Waals surface area contributed by atoms with Gasteiger partial charge in [0, 0.05) is 10.0 Å². The first kappa shape index (κ1) is 25.7. The molecule has 9 heteroatoms. The van der Waals surface area contributed by atoms with Crippen LogP contribution in [-0.4, -0.2) is 25.0 Å². The highest BCUT2D eigenvalue weighted by Crippen LogP contribution is 2.38. The molecule has 0 bridgehead atoms. The topological polar surface area (TPSA) is 84.9 Å². The minimum Gasteiger partial charge on any atom is -0.493 e. The van der Waals surface area contributed by atoms with Gasteiger partial charge >= 0.3 is 6.03 Å². The fourth-order valence-corrected chi connectivity index (χ4v) is 4.80. The molecule has 1 fully saturated rings. The number of methoxy groups -OCH3 is 1. The molecule has 0 unspecified atom stereocenters. The smallest absolute Gasteiger partial charge is 0.335 e. The van der Waals surface area contributed by atoms with E-state index in [0.29, 0.717) is 33.8 Å². The van der Waals surface area contributed by atoms with Crippen molar-refractivity contribution < 1.29 is 23.9 Å². The number of nitrogens with zero attached hydrogens (tertiary/aromatic N) is 1. The van der Waals surface area contributed by atoms with Crippen LogP contribution in [0.2, 0.25) is 0 Å². The first-order chi connectivity index (χ1) is 17.2. The number of halogens is 2. The molecule has 1 heterocycles. The van der Waals surface area contributed by atoms with Crippen LogP contribution in [-0.2, 0) is 16.2 Å². The van der Waals surface area contributed by atoms with Crippen molar-refractivity contribution in [1.29, 1.82) is 0 Å². The molecular weight excluding hydrogens is 592 g/mol. The Morgan fingerprint density at radius 2 is 1.72 bits per heavy atom. The number of urea groups is 1. The number of ether oxygens (including phenoxy) is 2. The molecule has 1 N–H and O–H groups in total. The van der Waals surface area contributed by atoms with Crippen LogP contribution in [0.15, 0.2) is 69.1 Å². The summed E-state index contributed by atoms with van der Waals surface area (Å²) in [5.41, 5.74) is 3.44. The maximum Gasteiger partial charge on any atom is 0.335 e. The van der Waals surface area contributed by atoms with Crippen molar-refractivity contribution in [1.82, 2.24) is 5.32 Å². The van der Waals surface area contributed by atoms with Gasteiger partial charge in [-0.15, -0.1) is 0 Å². The number of carbonyl (C=O) groups is 3. The molecule has 7 nitrogen and oxygen atoms in total. The van der Waals surface area contributed by atoms with E-state index in [-0.39, 0.29) is 5.57 Å². The summed E-state index contributed by atoms with van der Waals surface area (Å²) in [6.07, 6.45) is 1.42. The molecule has 3 aromatic carbocycles. The summed E-state index contributed by atoms with van der Waals surface area (Å²) in [6, 6.07) is 15.7. The summed E-state index contributed by atoms with van der Waals surface area (Å²) < 4.78 is 13.0. The molecule has 4 rings (SSSR count). The van der Waals surface area contributed by atoms with E-state index in [1.165, 1.54) is 13.2 Å². The van der Waals surface area contributed by atoms with Crippen LogP contribution in [0.4, 0.5) is 10.5 Å². The van der Waals surface area contributed by atoms with Gasteiger partial charge in [0.25, 0.3) is 11.8 Å². The van der Waals surface area contributed by atoms with Crippen molar-refractivity contribution in [3.8, 4) is 11.5 Å². The van der Waals surface area contributed by atoms with Crippen LogP contribution in [0.1, 0.15) is 22.3 Å². The number of imide groups is 2. The van der Waals surface area contributed by atoms with Crippen molar-refractivity contribution in [3.05, 3.63) is 91.4 Å². The Morgan fingerprint density at radius 1 is 0.972 bits per heavy atom. The summed E-state index contributed by atoms with van der Waals surface area (Å²) in [7, 11) is 1.50. The average molecular weight is 614 g/mol. The fourth-order valence-electron chi connectivity index (χ4n) is 3.83. The van der Waals surface area contributed by atoms with E-state index >= 15 is 0 Å². The summed E-state index contributed by atoms with van der Waals surface area (Å²) in [5, 5.41) is 2.26. The molecule has 1 aliphatic rings. The second-order valence-corrected chi connectivity index (χ2v) is 9.87. The van der Waals surface area contributed by atoms with Gasteiger partial charge in [-0.05, 0) is 71.2 Å². The van der Waals surface area contributed by atoms with Gasteiger partial charge in [-0.2, -0.15) is 0 Å². The maximum atomic E-state index is 13.3. The van der Waals surface area contributed by atoms with Crippen molar-refractivity contribution in [3.63, 3.8) is 0 Å². The van der Waals surface area contributed by atoms with E-state index in [9.17, 15) is 14.4 Å². The molecule has 1 saturated heterocycles. The molecule has 36 heavy (non-hydrogen) atoms. The Bertz CT molecular complexity index is 1420. The first-order valence-electron chi connectivity index (χ1n) is 10.9. The lowest BCUT2D eigenvalue weighted by Crippen LogP contribution is -2.54. The third-order valence-electron chi connectivity index (χ3n) is 5.59. The number of benzene rings is 3. The zero-order chi connectivity index (χ0) is 26.0. The van der Waals surface area contributed by atoms with Crippen LogP contribution in [0.3, 0.4) is 0 Å². The normalized spacial score (nSPS) is 14.8. The van der Waals surface area contributed by atoms with Crippen LogP contribution in [0, 0.1) is 13.8 Å². The predicted octanol–water partition coefficient (Wildman–Crippen LogP) is 6.08. The number of amides is 4. The first-order valence-corrected chi connectivity index (χ1v) is 12.5. The number of barbiturate groups is 1. The molecule has 0 aliphatic carbocycles. The second-order valence-electron chi connectivity index (χ2n) is 8.16. The van der Waals surface area contributed by atoms with E-state index in [1.54, 1.807) is 31.2 Å². The molecule has 0 saturated carbocycles. The van der Waals surface area contributed by atoms with Crippen molar-refractivity contribution in [2.45, 2.75) is 20.5 Å². The van der Waals surface area contributed by atoms with Gasteiger partial charge in [0.1, 0.15) is 12.2 Å². The number of nitrogens with one attached hydrogen (secondary N) is 1. The average Bonchev–Trinajstić information content (AvgIpc) is 2.83. The monoisotopic (exact) mass is 612 g/mol. The third kappa shape index (κ3) is 5.22. The summed E-state index contributed by atoms with van der Waals surface area (Å²) in [6.45, 7) is 4.02. The van der Waals surface area contributed by atoms with Gasteiger partial charge in [-0.1, -0.05) is 51.8 Å². The van der Waals surface area contributed by atoms with Gasteiger partial charge in [-0.3, -0.25) is 14.9 Å². The highest BCUT2D eigenvalue weighted by atomic mass is 79.9. The molecule has 0 aromatic heterocycles. The number of hydrogen-bond donors (Lipinski definition) is 1. The number of anilines is 1. The molecular formula is C27H22Br2N2O5. The summed E-state index contributed by atoms with van der Waals surface area (Å²) in [5.74, 6) is -0.591. The second kappa shape index (κ2) is 10.7. The molecule has 4 amide bonds. The molecule has 0 atom stereocenters. The Balaban J connectivity index is 1.66. The van der Waals surface area contributed by atoms with E-state index in [4.69, 9.17) is 9.47 Å². The van der Waals surface area contributed by atoms with Gasteiger partial charge in [0.2, 0.25) is 0 Å². The van der Waals surface area contributed by atoms with Crippen molar-refractivity contribution in [2.24, 2.45) is 0 Å². The zero-order valence-electron chi connectivity index (χ0n) is 19.7. The molecule has 0 radical (unpaired) electrons. The minimum absolute atomic E-state index is 0.176. The number of carbonyl (C=O) groups excluding carboxylic acids is 3. The van der Waals surface area contributed by atoms with Crippen molar-refractivity contribution in [2.75, 3.05) is 12.0 Å². The van der Waals surface area contributed by atoms with Crippen molar-refractivity contribution >= 4 is 61.5 Å².